The SMILES string of the molecule is CCNC1CCCC1N1CCN(C(C)CC)CC1. The summed E-state index contributed by atoms with van der Waals surface area (Å²) in [6.45, 7) is 13.1. The highest BCUT2D eigenvalue weighted by molar-refractivity contribution is 4.92. The highest BCUT2D eigenvalue weighted by Crippen LogP contribution is 2.25. The van der Waals surface area contributed by atoms with Crippen LogP contribution in [-0.4, -0.2) is 60.6 Å². The number of hydrogen-bond donors (Lipinski definition) is 1. The zero-order chi connectivity index (χ0) is 13.0. The standard InChI is InChI=1S/C15H31N3/c1-4-13(3)17-9-11-18(12-10-17)15-8-6-7-14(15)16-5-2/h13-16H,4-12H2,1-3H3. The Hall–Kier alpha value is -0.120. The molecule has 0 aromatic carbocycles. The highest BCUT2D eigenvalue weighted by Gasteiger charge is 2.33. The minimum absolute atomic E-state index is 0.755. The van der Waals surface area contributed by atoms with E-state index in [0.29, 0.717) is 0 Å². The van der Waals surface area contributed by atoms with Gasteiger partial charge in [0, 0.05) is 44.3 Å². The number of nitrogens with zero attached hydrogens (tertiary/aromatic N) is 2. The zero-order valence-corrected chi connectivity index (χ0v) is 12.5. The van der Waals surface area contributed by atoms with Gasteiger partial charge in [0.05, 0.1) is 0 Å². The van der Waals surface area contributed by atoms with Crippen LogP contribution in [0.25, 0.3) is 0 Å². The lowest BCUT2D eigenvalue weighted by atomic mass is 10.1. The van der Waals surface area contributed by atoms with Crippen LogP contribution in [0.1, 0.15) is 46.5 Å². The van der Waals surface area contributed by atoms with Gasteiger partial charge in [-0.1, -0.05) is 20.3 Å². The van der Waals surface area contributed by atoms with Crippen molar-refractivity contribution < 1.29 is 0 Å². The van der Waals surface area contributed by atoms with E-state index in [9.17, 15) is 0 Å². The predicted octanol–water partition coefficient (Wildman–Crippen LogP) is 1.93. The zero-order valence-electron chi connectivity index (χ0n) is 12.5. The molecule has 2 rings (SSSR count). The molecule has 0 bridgehead atoms. The molecule has 106 valence electrons. The molecule has 1 heterocycles. The summed E-state index contributed by atoms with van der Waals surface area (Å²) in [4.78, 5) is 5.41. The van der Waals surface area contributed by atoms with Crippen LogP contribution < -0.4 is 5.32 Å². The van der Waals surface area contributed by atoms with Gasteiger partial charge >= 0.3 is 0 Å². The third kappa shape index (κ3) is 3.25. The van der Waals surface area contributed by atoms with Crippen LogP contribution in [-0.2, 0) is 0 Å². The first kappa shape index (κ1) is 14.3. The highest BCUT2D eigenvalue weighted by atomic mass is 15.3. The molecule has 0 aromatic heterocycles. The molecule has 1 saturated heterocycles. The molecule has 0 radical (unpaired) electrons. The fourth-order valence-electron chi connectivity index (χ4n) is 3.65. The first-order valence-electron chi connectivity index (χ1n) is 7.97. The van der Waals surface area contributed by atoms with Crippen LogP contribution in [0.15, 0.2) is 0 Å². The van der Waals surface area contributed by atoms with Crippen LogP contribution >= 0.6 is 0 Å². The normalized spacial score (nSPS) is 32.8. The van der Waals surface area contributed by atoms with E-state index < -0.39 is 0 Å². The molecule has 2 fully saturated rings. The van der Waals surface area contributed by atoms with E-state index in [1.807, 2.05) is 0 Å². The second-order valence-corrected chi connectivity index (χ2v) is 5.99. The van der Waals surface area contributed by atoms with E-state index in [4.69, 9.17) is 0 Å². The summed E-state index contributed by atoms with van der Waals surface area (Å²) >= 11 is 0. The maximum Gasteiger partial charge on any atom is 0.0250 e. The van der Waals surface area contributed by atoms with Gasteiger partial charge in [0.25, 0.3) is 0 Å². The molecule has 0 aromatic rings. The van der Waals surface area contributed by atoms with Gasteiger partial charge in [0.15, 0.2) is 0 Å². The monoisotopic (exact) mass is 253 g/mol. The molecule has 3 unspecified atom stereocenters. The van der Waals surface area contributed by atoms with E-state index in [-0.39, 0.29) is 0 Å². The fourth-order valence-corrected chi connectivity index (χ4v) is 3.65. The van der Waals surface area contributed by atoms with Gasteiger partial charge in [-0.2, -0.15) is 0 Å². The van der Waals surface area contributed by atoms with E-state index in [1.54, 1.807) is 0 Å². The molecule has 1 N–H and O–H groups in total. The molecular weight excluding hydrogens is 222 g/mol. The Balaban J connectivity index is 1.81. The van der Waals surface area contributed by atoms with Crippen molar-refractivity contribution in [3.05, 3.63) is 0 Å². The van der Waals surface area contributed by atoms with Crippen LogP contribution in [0, 0.1) is 0 Å². The Kier molecular flexibility index (Phi) is 5.46. The summed E-state index contributed by atoms with van der Waals surface area (Å²) in [6.07, 6.45) is 5.47. The van der Waals surface area contributed by atoms with Crippen molar-refractivity contribution in [3.63, 3.8) is 0 Å². The van der Waals surface area contributed by atoms with Gasteiger partial charge in [-0.05, 0) is 32.7 Å². The summed E-state index contributed by atoms with van der Waals surface area (Å²) in [5, 5.41) is 3.68. The quantitative estimate of drug-likeness (QED) is 0.808. The van der Waals surface area contributed by atoms with E-state index >= 15 is 0 Å². The number of likely N-dealkylation sites (N-methyl/N-ethyl adjacent to an activating group) is 1. The molecule has 1 aliphatic heterocycles. The molecule has 18 heavy (non-hydrogen) atoms. The van der Waals surface area contributed by atoms with Gasteiger partial charge in [0.2, 0.25) is 0 Å². The molecule has 1 aliphatic carbocycles. The summed E-state index contributed by atoms with van der Waals surface area (Å²) in [5.74, 6) is 0. The van der Waals surface area contributed by atoms with Crippen molar-refractivity contribution in [2.75, 3.05) is 32.7 Å². The molecule has 3 atom stereocenters. The summed E-state index contributed by atoms with van der Waals surface area (Å²) in [5.41, 5.74) is 0. The lowest BCUT2D eigenvalue weighted by molar-refractivity contribution is 0.0658. The van der Waals surface area contributed by atoms with Gasteiger partial charge in [-0.15, -0.1) is 0 Å². The molecule has 2 aliphatic rings. The predicted molar refractivity (Wildman–Crippen MR) is 78.0 cm³/mol. The van der Waals surface area contributed by atoms with Crippen molar-refractivity contribution in [1.82, 2.24) is 15.1 Å². The minimum atomic E-state index is 0.755. The Morgan fingerprint density at radius 1 is 1.11 bits per heavy atom. The van der Waals surface area contributed by atoms with Crippen molar-refractivity contribution in [2.45, 2.75) is 64.6 Å². The summed E-state index contributed by atoms with van der Waals surface area (Å²) in [6, 6.07) is 2.33. The minimum Gasteiger partial charge on any atom is -0.313 e. The molecular formula is C15H31N3. The first-order chi connectivity index (χ1) is 8.76. The second-order valence-electron chi connectivity index (χ2n) is 5.99. The molecule has 0 spiro atoms. The van der Waals surface area contributed by atoms with Gasteiger partial charge in [-0.25, -0.2) is 0 Å². The fraction of sp³-hybridized carbons (Fsp3) is 1.00. The maximum absolute atomic E-state index is 3.68. The Bertz CT molecular complexity index is 236. The van der Waals surface area contributed by atoms with Crippen LogP contribution in [0.2, 0.25) is 0 Å². The summed E-state index contributed by atoms with van der Waals surface area (Å²) in [7, 11) is 0. The average Bonchev–Trinajstić information content (AvgIpc) is 2.87. The number of piperazine rings is 1. The van der Waals surface area contributed by atoms with Gasteiger partial charge in [0.1, 0.15) is 0 Å². The third-order valence-electron chi connectivity index (χ3n) is 4.98. The van der Waals surface area contributed by atoms with Gasteiger partial charge < -0.3 is 5.32 Å². The van der Waals surface area contributed by atoms with Crippen LogP contribution in [0.4, 0.5) is 0 Å². The third-order valence-corrected chi connectivity index (χ3v) is 4.98. The second kappa shape index (κ2) is 6.88. The lowest BCUT2D eigenvalue weighted by Gasteiger charge is -2.42. The van der Waals surface area contributed by atoms with Crippen molar-refractivity contribution in [1.29, 1.82) is 0 Å². The van der Waals surface area contributed by atoms with Gasteiger partial charge in [-0.3, -0.25) is 9.80 Å². The summed E-state index contributed by atoms with van der Waals surface area (Å²) < 4.78 is 0. The first-order valence-corrected chi connectivity index (χ1v) is 7.97. The Morgan fingerprint density at radius 2 is 1.83 bits per heavy atom. The molecule has 0 amide bonds. The Labute approximate surface area is 113 Å². The lowest BCUT2D eigenvalue weighted by Crippen LogP contribution is -2.56. The Morgan fingerprint density at radius 3 is 2.44 bits per heavy atom. The number of nitrogens with one attached hydrogen (secondary N) is 1. The molecule has 3 nitrogen and oxygen atoms in total. The van der Waals surface area contributed by atoms with E-state index in [2.05, 4.69) is 35.9 Å². The topological polar surface area (TPSA) is 18.5 Å². The smallest absolute Gasteiger partial charge is 0.0250 e. The van der Waals surface area contributed by atoms with E-state index in [0.717, 1.165) is 24.7 Å². The average molecular weight is 253 g/mol. The van der Waals surface area contributed by atoms with Crippen molar-refractivity contribution in [3.8, 4) is 0 Å². The number of rotatable bonds is 5. The maximum atomic E-state index is 3.68. The van der Waals surface area contributed by atoms with E-state index in [1.165, 1.54) is 51.9 Å². The number of hydrogen-bond acceptors (Lipinski definition) is 3. The van der Waals surface area contributed by atoms with Crippen LogP contribution in [0.5, 0.6) is 0 Å². The van der Waals surface area contributed by atoms with Crippen molar-refractivity contribution >= 4 is 0 Å². The molecule has 3 heteroatoms. The van der Waals surface area contributed by atoms with Crippen LogP contribution in [0.3, 0.4) is 0 Å². The van der Waals surface area contributed by atoms with Crippen molar-refractivity contribution in [2.24, 2.45) is 0 Å². The largest absolute Gasteiger partial charge is 0.313 e. The molecule has 1 saturated carbocycles.